The molecule has 0 saturated carbocycles. The van der Waals surface area contributed by atoms with Crippen molar-refractivity contribution in [2.75, 3.05) is 98.2 Å². The van der Waals surface area contributed by atoms with Crippen LogP contribution >= 0.6 is 0 Å². The molecule has 2 saturated heterocycles. The minimum Gasteiger partial charge on any atom is -0.480 e. The SMILES string of the molecule is O=C(O)CCC(NC(=O)N[C@@H](CCCCNC(=O)CCCCCCC(=O)NCCCCCNC(=O)C(NC(=O)C(NC(=O)CN1CCN(CC(=O)O)CCN2CCN(CC1)CC(=O)[O][68Ga][O]C(=O)C2)c1ccccc1)c1ccccc1)C(=O)O)C(=O)O. The molecule has 7 amide bonds. The second-order valence-corrected chi connectivity index (χ2v) is 22.5. The van der Waals surface area contributed by atoms with E-state index in [9.17, 15) is 72.9 Å². The summed E-state index contributed by atoms with van der Waals surface area (Å²) in [6.07, 6.45) is 5.05. The number of unbranched alkanes of at least 4 members (excludes halogenated alkanes) is 6. The number of carbonyl (C=O) groups is 12. The number of rotatable bonds is 35. The Bertz CT molecular complexity index is 2570. The second-order valence-electron chi connectivity index (χ2n) is 21.1. The fourth-order valence-electron chi connectivity index (χ4n) is 9.41. The van der Waals surface area contributed by atoms with Crippen LogP contribution in [-0.4, -0.2) is 240 Å². The number of hydrogen-bond donors (Lipinski definition) is 11. The third-order valence-corrected chi connectivity index (χ3v) is 15.7. The molecule has 4 rings (SSSR count). The van der Waals surface area contributed by atoms with Crippen LogP contribution in [0, 0.1) is 0 Å². The summed E-state index contributed by atoms with van der Waals surface area (Å²) in [6, 6.07) is 11.0. The van der Waals surface area contributed by atoms with Gasteiger partial charge in [-0.3, -0.25) is 24.0 Å². The van der Waals surface area contributed by atoms with Crippen molar-refractivity contribution in [2.24, 2.45) is 0 Å². The van der Waals surface area contributed by atoms with Crippen LogP contribution in [0.4, 0.5) is 4.79 Å². The van der Waals surface area contributed by atoms with E-state index in [1.807, 2.05) is 14.7 Å². The van der Waals surface area contributed by atoms with Crippen molar-refractivity contribution in [3.8, 4) is 0 Å². The Kier molecular flexibility index (Phi) is 33.6. The summed E-state index contributed by atoms with van der Waals surface area (Å²) in [4.78, 5) is 157. The Balaban J connectivity index is 1.17. The first-order valence-corrected chi connectivity index (χ1v) is 31.3. The minimum absolute atomic E-state index is 0.00584. The zero-order chi connectivity index (χ0) is 63.3. The van der Waals surface area contributed by atoms with E-state index < -0.39 is 108 Å². The van der Waals surface area contributed by atoms with Crippen LogP contribution in [0.15, 0.2) is 60.7 Å². The molecule has 2 fully saturated rings. The molecule has 5 unspecified atom stereocenters. The minimum atomic E-state index is -2.08. The van der Waals surface area contributed by atoms with Crippen LogP contribution < -0.4 is 37.2 Å². The summed E-state index contributed by atoms with van der Waals surface area (Å²) < 4.78 is 10.5. The van der Waals surface area contributed by atoms with Crippen molar-refractivity contribution >= 4 is 89.5 Å². The third kappa shape index (κ3) is 30.5. The van der Waals surface area contributed by atoms with E-state index in [-0.39, 0.29) is 90.0 Å². The molecular weight excluding hydrogens is 1190 g/mol. The number of fused-ring (bicyclic) bond motifs is 3. The number of nitrogens with zero attached hydrogens (tertiary/aromatic N) is 4. The van der Waals surface area contributed by atoms with Crippen molar-refractivity contribution in [3.63, 3.8) is 0 Å². The smallest absolute Gasteiger partial charge is 0.480 e. The molecule has 2 aliphatic heterocycles. The van der Waals surface area contributed by atoms with Gasteiger partial charge < -0.3 is 47.2 Å². The Hall–Kier alpha value is -7.64. The van der Waals surface area contributed by atoms with Crippen LogP contribution in [0.5, 0.6) is 0 Å². The molecule has 2 aromatic rings. The molecule has 1 radical (unpaired) electrons. The number of carboxylic acid groups (broad SMARTS) is 4. The molecule has 87 heavy (non-hydrogen) atoms. The van der Waals surface area contributed by atoms with Gasteiger partial charge in [-0.25, -0.2) is 14.4 Å². The second kappa shape index (κ2) is 40.7. The van der Waals surface area contributed by atoms with Crippen molar-refractivity contribution in [3.05, 3.63) is 71.8 Å². The molecule has 6 atom stereocenters. The number of carboxylic acids is 4. The molecule has 477 valence electrons. The number of urea groups is 1. The third-order valence-electron chi connectivity index (χ3n) is 14.2. The van der Waals surface area contributed by atoms with E-state index in [0.29, 0.717) is 102 Å². The van der Waals surface area contributed by atoms with Crippen molar-refractivity contribution < 1.29 is 85.0 Å². The number of benzene rings is 2. The van der Waals surface area contributed by atoms with E-state index in [0.717, 1.165) is 12.8 Å². The molecule has 2 aliphatic rings. The van der Waals surface area contributed by atoms with Crippen LogP contribution in [0.3, 0.4) is 0 Å². The predicted octanol–water partition coefficient (Wildman–Crippen LogP) is -0.258. The summed E-state index contributed by atoms with van der Waals surface area (Å²) in [6.45, 7) is 2.96. The molecule has 11 N–H and O–H groups in total. The number of carbonyl (C=O) groups excluding carboxylic acids is 8. The van der Waals surface area contributed by atoms with Gasteiger partial charge in [0.15, 0.2) is 0 Å². The summed E-state index contributed by atoms with van der Waals surface area (Å²) in [7, 11) is 0. The van der Waals surface area contributed by atoms with E-state index in [2.05, 4.69) is 37.2 Å². The van der Waals surface area contributed by atoms with Gasteiger partial charge in [0, 0.05) is 38.9 Å². The van der Waals surface area contributed by atoms with Gasteiger partial charge in [-0.1, -0.05) is 73.5 Å². The van der Waals surface area contributed by atoms with Crippen LogP contribution in [-0.2, 0) is 59.8 Å². The van der Waals surface area contributed by atoms with Gasteiger partial charge in [-0.05, 0) is 63.4 Å². The first-order chi connectivity index (χ1) is 41.8. The number of aliphatic carboxylic acids is 4. The molecule has 0 aliphatic carbocycles. The van der Waals surface area contributed by atoms with Crippen molar-refractivity contribution in [1.29, 1.82) is 0 Å². The van der Waals surface area contributed by atoms with Gasteiger partial charge in [0.2, 0.25) is 17.7 Å². The molecule has 30 heteroatoms. The van der Waals surface area contributed by atoms with Crippen molar-refractivity contribution in [2.45, 2.75) is 114 Å². The molecular formula is C57H83GaN11O18. The number of nitrogens with one attached hydrogen (secondary N) is 7. The number of hydrogen-bond acceptors (Lipinski definition) is 18. The molecule has 2 aromatic carbocycles. The van der Waals surface area contributed by atoms with Gasteiger partial charge in [-0.2, -0.15) is 0 Å². The van der Waals surface area contributed by atoms with E-state index in [4.69, 9.17) is 12.2 Å². The topological polar surface area (TPSA) is 401 Å². The van der Waals surface area contributed by atoms with Crippen LogP contribution in [0.1, 0.15) is 113 Å². The first-order valence-electron chi connectivity index (χ1n) is 29.3. The Morgan fingerprint density at radius 3 is 1.38 bits per heavy atom. The standard InChI is InChI=1S/C57H85N11O18.Ga/c69-44(21-10-1-2-11-22-45(70)59-26-15-12-20-42(55(82)83)61-57(86)62-43(56(84)85)23-24-47(72)73)58-25-13-5-14-27-60-53(80)51(40-16-6-3-7-17-40)64-54(81)52(41-18-8-4-9-19-41)63-46(71)36-65-28-30-66(37-48(74)75)32-34-68(39-50(78)79)35-33-67(31-29-65)38-49(76)77;/h3-4,6-9,16-19,42-43,51-52H,1-2,5,10-15,20-39H2,(H,58,69)(H,59,70)(H,60,80)(H,63,71)(H,64,81)(H,72,73)(H,74,75)(H,76,77)(H,78,79)(H,82,83)(H,84,85)(H2,61,62,86);/q;+2/p-2/t42-,43?,51?,52?;/m0./s1/i;1-2. The van der Waals surface area contributed by atoms with E-state index in [1.165, 1.54) is 0 Å². The maximum atomic E-state index is 14.4. The van der Waals surface area contributed by atoms with Crippen LogP contribution in [0.25, 0.3) is 0 Å². The summed E-state index contributed by atoms with van der Waals surface area (Å²) in [5.74, 6) is -8.04. The zero-order valence-corrected chi connectivity index (χ0v) is 51.4. The zero-order valence-electron chi connectivity index (χ0n) is 49.0. The molecule has 0 spiro atoms. The van der Waals surface area contributed by atoms with Crippen LogP contribution in [0.2, 0.25) is 0 Å². The fraction of sp³-hybridized carbons (Fsp3) is 0.579. The quantitative estimate of drug-likeness (QED) is 0.0313. The summed E-state index contributed by atoms with van der Waals surface area (Å²) >= 11 is -2.08. The number of amides is 7. The van der Waals surface area contributed by atoms with Gasteiger partial charge in [0.25, 0.3) is 0 Å². The predicted molar refractivity (Wildman–Crippen MR) is 312 cm³/mol. The maximum absolute atomic E-state index is 14.4. The van der Waals surface area contributed by atoms with Gasteiger partial charge in [0.1, 0.15) is 18.1 Å². The Morgan fingerprint density at radius 1 is 0.448 bits per heavy atom. The van der Waals surface area contributed by atoms with Crippen molar-refractivity contribution in [1.82, 2.24) is 56.8 Å². The molecule has 2 heterocycles. The summed E-state index contributed by atoms with van der Waals surface area (Å²) in [5.41, 5.74) is 0.964. The first kappa shape index (κ1) is 71.8. The normalized spacial score (nSPS) is 17.4. The molecule has 2 bridgehead atoms. The van der Waals surface area contributed by atoms with Gasteiger partial charge in [-0.15, -0.1) is 0 Å². The fourth-order valence-corrected chi connectivity index (χ4v) is 10.3. The van der Waals surface area contributed by atoms with Gasteiger partial charge in [0.05, 0.1) is 0 Å². The van der Waals surface area contributed by atoms with Gasteiger partial charge >= 0.3 is 218 Å². The average Bonchev–Trinajstić information content (AvgIpc) is 3.48. The summed E-state index contributed by atoms with van der Waals surface area (Å²) in [5, 5.41) is 55.8. The van der Waals surface area contributed by atoms with E-state index in [1.54, 1.807) is 65.6 Å². The average molecular weight is 1280 g/mol. The Morgan fingerprint density at radius 2 is 0.885 bits per heavy atom. The van der Waals surface area contributed by atoms with E-state index >= 15 is 0 Å². The molecule has 0 aromatic heterocycles. The Labute approximate surface area is 513 Å². The monoisotopic (exact) mass is 1280 g/mol. The molecule has 29 nitrogen and oxygen atoms in total.